The summed E-state index contributed by atoms with van der Waals surface area (Å²) in [6.07, 6.45) is 0. The van der Waals surface area contributed by atoms with Crippen LogP contribution in [0.15, 0.2) is 116 Å². The molecule has 216 valence electrons. The fraction of sp³-hybridized carbons (Fsp3) is 0.129. The van der Waals surface area contributed by atoms with Crippen LogP contribution in [-0.4, -0.2) is 30.0 Å². The fourth-order valence-corrected chi connectivity index (χ4v) is 8.16. The Morgan fingerprint density at radius 2 is 1.38 bits per heavy atom. The molecule has 0 aliphatic carbocycles. The number of sulfonamides is 2. The number of rotatable bonds is 9. The second-order valence-corrected chi connectivity index (χ2v) is 13.4. The van der Waals surface area contributed by atoms with Crippen molar-refractivity contribution in [1.29, 1.82) is 0 Å². The molecule has 2 N–H and O–H groups in total. The highest BCUT2D eigenvalue weighted by molar-refractivity contribution is 8.10. The molecule has 0 radical (unpaired) electrons. The Morgan fingerprint density at radius 3 is 2.00 bits per heavy atom. The number of nitrogens with two attached hydrogens (primary N) is 1. The van der Waals surface area contributed by atoms with Gasteiger partial charge in [0, 0.05) is 11.9 Å². The van der Waals surface area contributed by atoms with Gasteiger partial charge in [0.1, 0.15) is 17.9 Å². The van der Waals surface area contributed by atoms with E-state index < -0.39 is 25.7 Å². The molecule has 5 aromatic rings. The Kier molecular flexibility index (Phi) is 7.91. The average molecular weight is 605 g/mol. The topological polar surface area (TPSA) is 137 Å². The lowest BCUT2D eigenvalue weighted by atomic mass is 10.0. The van der Waals surface area contributed by atoms with Gasteiger partial charge in [-0.2, -0.15) is 3.71 Å². The Labute approximate surface area is 243 Å². The normalized spacial score (nSPS) is 11.9. The highest BCUT2D eigenvalue weighted by Gasteiger charge is 2.37. The number of ether oxygens (including phenoxy) is 1. The van der Waals surface area contributed by atoms with Crippen LogP contribution >= 0.6 is 0 Å². The van der Waals surface area contributed by atoms with Crippen LogP contribution in [0, 0.1) is 13.8 Å². The van der Waals surface area contributed by atoms with Gasteiger partial charge >= 0.3 is 5.63 Å². The number of aryl methyl sites for hydroxylation is 2. The summed E-state index contributed by atoms with van der Waals surface area (Å²) in [7, 11) is -9.32. The summed E-state index contributed by atoms with van der Waals surface area (Å²) in [5, 5.41) is 0.343. The lowest BCUT2D eigenvalue weighted by Gasteiger charge is -2.24. The molecule has 4 aromatic carbocycles. The molecular weight excluding hydrogens is 576 g/mol. The third kappa shape index (κ3) is 5.54. The molecule has 0 spiro atoms. The van der Waals surface area contributed by atoms with Gasteiger partial charge < -0.3 is 14.9 Å². The van der Waals surface area contributed by atoms with E-state index in [1.165, 1.54) is 54.6 Å². The van der Waals surface area contributed by atoms with Crippen LogP contribution in [0.1, 0.15) is 11.1 Å². The summed E-state index contributed by atoms with van der Waals surface area (Å²) in [5.74, 6) is 0.386. The van der Waals surface area contributed by atoms with E-state index >= 15 is 0 Å². The Morgan fingerprint density at radius 1 is 0.762 bits per heavy atom. The molecule has 0 fully saturated rings. The summed E-state index contributed by atoms with van der Waals surface area (Å²) < 4.78 is 67.6. The quantitative estimate of drug-likeness (QED) is 0.232. The molecule has 42 heavy (non-hydrogen) atoms. The first-order valence-electron chi connectivity index (χ1n) is 13.0. The molecule has 0 saturated heterocycles. The van der Waals surface area contributed by atoms with Crippen molar-refractivity contribution in [2.75, 3.05) is 16.9 Å². The average Bonchev–Trinajstić information content (AvgIpc) is 2.96. The zero-order valence-corrected chi connectivity index (χ0v) is 24.5. The molecule has 1 heterocycles. The number of benzene rings is 4. The van der Waals surface area contributed by atoms with Crippen LogP contribution in [0.5, 0.6) is 5.75 Å². The van der Waals surface area contributed by atoms with Crippen molar-refractivity contribution in [2.24, 2.45) is 5.73 Å². The minimum absolute atomic E-state index is 0.156. The fourth-order valence-electron chi connectivity index (χ4n) is 4.48. The van der Waals surface area contributed by atoms with Gasteiger partial charge in [-0.05, 0) is 85.6 Å². The molecule has 1 aromatic heterocycles. The maximum Gasteiger partial charge on any atom is 0.344 e. The van der Waals surface area contributed by atoms with E-state index in [0.29, 0.717) is 20.4 Å². The first-order valence-corrected chi connectivity index (χ1v) is 15.8. The largest absolute Gasteiger partial charge is 0.492 e. The van der Waals surface area contributed by atoms with Gasteiger partial charge in [-0.25, -0.2) is 21.6 Å². The van der Waals surface area contributed by atoms with Crippen molar-refractivity contribution in [1.82, 2.24) is 0 Å². The van der Waals surface area contributed by atoms with Crippen molar-refractivity contribution >= 4 is 36.7 Å². The monoisotopic (exact) mass is 604 g/mol. The van der Waals surface area contributed by atoms with E-state index in [-0.39, 0.29) is 39.8 Å². The smallest absolute Gasteiger partial charge is 0.344 e. The third-order valence-corrected chi connectivity index (χ3v) is 10.8. The summed E-state index contributed by atoms with van der Waals surface area (Å²) in [6.45, 7) is 4.15. The maximum atomic E-state index is 14.1. The van der Waals surface area contributed by atoms with Crippen molar-refractivity contribution in [2.45, 2.75) is 23.6 Å². The van der Waals surface area contributed by atoms with Gasteiger partial charge in [0.25, 0.3) is 20.0 Å². The first-order chi connectivity index (χ1) is 20.0. The molecule has 9 nitrogen and oxygen atoms in total. The molecule has 0 bridgehead atoms. The molecule has 0 aliphatic heterocycles. The predicted molar refractivity (Wildman–Crippen MR) is 162 cm³/mol. The van der Waals surface area contributed by atoms with Crippen LogP contribution in [0.4, 0.5) is 5.69 Å². The number of hydrogen-bond donors (Lipinski definition) is 1. The lowest BCUT2D eigenvalue weighted by Crippen LogP contribution is -2.37. The number of anilines is 1. The van der Waals surface area contributed by atoms with E-state index in [4.69, 9.17) is 14.9 Å². The van der Waals surface area contributed by atoms with Gasteiger partial charge in [0.2, 0.25) is 0 Å². The van der Waals surface area contributed by atoms with Crippen molar-refractivity contribution in [3.8, 4) is 16.9 Å². The van der Waals surface area contributed by atoms with Crippen LogP contribution < -0.4 is 19.8 Å². The SMILES string of the molecule is Cc1ccc(S(=O)(=O)N(c2ccc3oc(=O)c(-c4ccccc4C)cc3c2)S(=O)(=O)c2ccc(OCCN)cc2)cc1. The summed E-state index contributed by atoms with van der Waals surface area (Å²) in [6, 6.07) is 24.2. The van der Waals surface area contributed by atoms with Crippen LogP contribution in [0.25, 0.3) is 22.1 Å². The minimum Gasteiger partial charge on any atom is -0.492 e. The standard InChI is InChI=1S/C31H28N2O7S2/c1-21-7-12-26(13-8-21)41(35,36)33(42(37,38)27-14-10-25(11-15-27)39-18-17-32)24-9-16-30-23(19-24)20-29(31(34)40-30)28-6-4-3-5-22(28)2/h3-16,19-20H,17-18,32H2,1-2H3. The van der Waals surface area contributed by atoms with Gasteiger partial charge in [0.05, 0.1) is 21.0 Å². The molecule has 5 rings (SSSR count). The Hall–Kier alpha value is -4.45. The lowest BCUT2D eigenvalue weighted by molar-refractivity contribution is 0.328. The van der Waals surface area contributed by atoms with E-state index in [1.807, 2.05) is 19.1 Å². The molecule has 0 aliphatic rings. The molecule has 0 atom stereocenters. The second kappa shape index (κ2) is 11.4. The second-order valence-electron chi connectivity index (χ2n) is 9.61. The van der Waals surface area contributed by atoms with E-state index in [1.54, 1.807) is 37.3 Å². The van der Waals surface area contributed by atoms with Crippen LogP contribution in [0.3, 0.4) is 0 Å². The van der Waals surface area contributed by atoms with E-state index in [0.717, 1.165) is 11.1 Å². The number of hydrogen-bond acceptors (Lipinski definition) is 8. The molecular formula is C31H28N2O7S2. The van der Waals surface area contributed by atoms with Gasteiger partial charge in [0.15, 0.2) is 0 Å². The van der Waals surface area contributed by atoms with Gasteiger partial charge in [-0.15, -0.1) is 0 Å². The zero-order chi connectivity index (χ0) is 30.1. The van der Waals surface area contributed by atoms with Crippen LogP contribution in [-0.2, 0) is 20.0 Å². The molecule has 0 saturated carbocycles. The van der Waals surface area contributed by atoms with Crippen molar-refractivity contribution < 1.29 is 26.0 Å². The Bertz CT molecular complexity index is 2040. The first kappa shape index (κ1) is 29.1. The van der Waals surface area contributed by atoms with Crippen LogP contribution in [0.2, 0.25) is 0 Å². The predicted octanol–water partition coefficient (Wildman–Crippen LogP) is 5.00. The molecule has 0 unspecified atom stereocenters. The zero-order valence-electron chi connectivity index (χ0n) is 22.9. The summed E-state index contributed by atoms with van der Waals surface area (Å²) in [4.78, 5) is 12.4. The minimum atomic E-state index is -4.68. The highest BCUT2D eigenvalue weighted by Crippen LogP contribution is 2.34. The van der Waals surface area contributed by atoms with E-state index in [2.05, 4.69) is 0 Å². The maximum absolute atomic E-state index is 14.1. The van der Waals surface area contributed by atoms with Crippen molar-refractivity contribution in [3.63, 3.8) is 0 Å². The third-order valence-electron chi connectivity index (χ3n) is 6.63. The summed E-state index contributed by atoms with van der Waals surface area (Å²) in [5.41, 5.74) is 7.47. The summed E-state index contributed by atoms with van der Waals surface area (Å²) >= 11 is 0. The number of nitrogens with zero attached hydrogens (tertiary/aromatic N) is 1. The molecule has 11 heteroatoms. The molecule has 0 amide bonds. The highest BCUT2D eigenvalue weighted by atomic mass is 32.3. The Balaban J connectivity index is 1.70. The van der Waals surface area contributed by atoms with E-state index in [9.17, 15) is 21.6 Å². The van der Waals surface area contributed by atoms with Gasteiger partial charge in [-0.1, -0.05) is 42.0 Å². The van der Waals surface area contributed by atoms with Crippen molar-refractivity contribution in [3.05, 3.63) is 119 Å². The number of fused-ring (bicyclic) bond motifs is 1. The van der Waals surface area contributed by atoms with Gasteiger partial charge in [-0.3, -0.25) is 0 Å².